The highest BCUT2D eigenvalue weighted by molar-refractivity contribution is 7.99. The van der Waals surface area contributed by atoms with Crippen LogP contribution in [0.15, 0.2) is 0 Å². The summed E-state index contributed by atoms with van der Waals surface area (Å²) < 4.78 is 11.9. The fourth-order valence-corrected chi connectivity index (χ4v) is 5.63. The first-order chi connectivity index (χ1) is 9.24. The lowest BCUT2D eigenvalue weighted by Gasteiger charge is -2.43. The largest absolute Gasteiger partial charge is 0.378 e. The van der Waals surface area contributed by atoms with E-state index in [-0.39, 0.29) is 5.60 Å². The molecule has 3 nitrogen and oxygen atoms in total. The fourth-order valence-electron chi connectivity index (χ4n) is 4.25. The average Bonchev–Trinajstić information content (AvgIpc) is 3.02. The lowest BCUT2D eigenvalue weighted by molar-refractivity contribution is -0.0894. The van der Waals surface area contributed by atoms with Crippen molar-refractivity contribution in [2.45, 2.75) is 50.4 Å². The SMILES string of the molecule is CNC(C1CCOC2(CCSC2)C1)C1CCOC1C. The minimum Gasteiger partial charge on any atom is -0.378 e. The lowest BCUT2D eigenvalue weighted by atomic mass is 9.75. The zero-order chi connectivity index (χ0) is 13.3. The van der Waals surface area contributed by atoms with Crippen molar-refractivity contribution in [2.75, 3.05) is 31.8 Å². The van der Waals surface area contributed by atoms with E-state index in [4.69, 9.17) is 9.47 Å². The van der Waals surface area contributed by atoms with Gasteiger partial charge >= 0.3 is 0 Å². The molecule has 5 unspecified atom stereocenters. The topological polar surface area (TPSA) is 30.5 Å². The smallest absolute Gasteiger partial charge is 0.0783 e. The van der Waals surface area contributed by atoms with Crippen LogP contribution >= 0.6 is 11.8 Å². The predicted octanol–water partition coefficient (Wildman–Crippen LogP) is 2.30. The van der Waals surface area contributed by atoms with E-state index in [0.29, 0.717) is 18.1 Å². The van der Waals surface area contributed by atoms with E-state index in [1.807, 2.05) is 0 Å². The standard InChI is InChI=1S/C15H27NO2S/c1-11-13(4-6-17-11)14(16-2)12-3-7-18-15(9-12)5-8-19-10-15/h11-14,16H,3-10H2,1-2H3. The first kappa shape index (κ1) is 14.2. The Balaban J connectivity index is 1.68. The number of rotatable bonds is 3. The number of thioether (sulfide) groups is 1. The maximum Gasteiger partial charge on any atom is 0.0783 e. The molecule has 0 aliphatic carbocycles. The molecule has 0 radical (unpaired) electrons. The normalized spacial score (nSPS) is 44.8. The molecule has 0 amide bonds. The molecule has 110 valence electrons. The molecule has 3 aliphatic rings. The summed E-state index contributed by atoms with van der Waals surface area (Å²) in [6.07, 6.45) is 5.33. The zero-order valence-electron chi connectivity index (χ0n) is 12.2. The molecule has 5 atom stereocenters. The maximum atomic E-state index is 6.16. The Kier molecular flexibility index (Phi) is 4.42. The van der Waals surface area contributed by atoms with Crippen LogP contribution in [0.2, 0.25) is 0 Å². The molecule has 3 rings (SSSR count). The molecule has 1 N–H and O–H groups in total. The van der Waals surface area contributed by atoms with Crippen LogP contribution in [0.3, 0.4) is 0 Å². The van der Waals surface area contributed by atoms with Gasteiger partial charge in [-0.3, -0.25) is 0 Å². The molecule has 1 spiro atoms. The second kappa shape index (κ2) is 5.92. The lowest BCUT2D eigenvalue weighted by Crippen LogP contribution is -2.50. The van der Waals surface area contributed by atoms with Gasteiger partial charge in [0.05, 0.1) is 11.7 Å². The fraction of sp³-hybridized carbons (Fsp3) is 1.00. The van der Waals surface area contributed by atoms with Gasteiger partial charge < -0.3 is 14.8 Å². The molecule has 0 saturated carbocycles. The molecule has 0 bridgehead atoms. The third-order valence-electron chi connectivity index (χ3n) is 5.34. The molecule has 0 aromatic heterocycles. The Labute approximate surface area is 121 Å². The molecule has 0 aromatic carbocycles. The van der Waals surface area contributed by atoms with Gasteiger partial charge in [-0.2, -0.15) is 11.8 Å². The van der Waals surface area contributed by atoms with Gasteiger partial charge in [-0.25, -0.2) is 0 Å². The average molecular weight is 285 g/mol. The van der Waals surface area contributed by atoms with Crippen LogP contribution in [0, 0.1) is 11.8 Å². The number of nitrogens with one attached hydrogen (secondary N) is 1. The quantitative estimate of drug-likeness (QED) is 0.862. The van der Waals surface area contributed by atoms with Crippen LogP contribution in [0.25, 0.3) is 0 Å². The molecular formula is C15H27NO2S. The molecule has 3 saturated heterocycles. The van der Waals surface area contributed by atoms with Crippen LogP contribution in [-0.2, 0) is 9.47 Å². The van der Waals surface area contributed by atoms with Gasteiger partial charge in [-0.05, 0) is 51.3 Å². The van der Waals surface area contributed by atoms with Crippen molar-refractivity contribution in [1.82, 2.24) is 5.32 Å². The predicted molar refractivity (Wildman–Crippen MR) is 79.7 cm³/mol. The van der Waals surface area contributed by atoms with Gasteiger partial charge in [0.2, 0.25) is 0 Å². The third-order valence-corrected chi connectivity index (χ3v) is 6.56. The Hall–Kier alpha value is 0.230. The minimum absolute atomic E-state index is 0.200. The maximum absolute atomic E-state index is 6.16. The van der Waals surface area contributed by atoms with Gasteiger partial charge in [-0.15, -0.1) is 0 Å². The van der Waals surface area contributed by atoms with Crippen LogP contribution in [-0.4, -0.2) is 49.5 Å². The summed E-state index contributed by atoms with van der Waals surface area (Å²) in [6.45, 7) is 4.13. The van der Waals surface area contributed by atoms with Crippen molar-refractivity contribution in [1.29, 1.82) is 0 Å². The van der Waals surface area contributed by atoms with Crippen LogP contribution in [0.1, 0.15) is 32.6 Å². The highest BCUT2D eigenvalue weighted by Gasteiger charge is 2.45. The number of ether oxygens (including phenoxy) is 2. The summed E-state index contributed by atoms with van der Waals surface area (Å²) in [5, 5.41) is 3.61. The van der Waals surface area contributed by atoms with Crippen molar-refractivity contribution >= 4 is 11.8 Å². The van der Waals surface area contributed by atoms with E-state index in [1.165, 1.54) is 37.2 Å². The monoisotopic (exact) mass is 285 g/mol. The highest BCUT2D eigenvalue weighted by atomic mass is 32.2. The molecule has 3 fully saturated rings. The summed E-state index contributed by atoms with van der Waals surface area (Å²) in [7, 11) is 2.13. The summed E-state index contributed by atoms with van der Waals surface area (Å²) in [5.41, 5.74) is 0.200. The first-order valence-electron chi connectivity index (χ1n) is 7.75. The summed E-state index contributed by atoms with van der Waals surface area (Å²) in [4.78, 5) is 0. The summed E-state index contributed by atoms with van der Waals surface area (Å²) in [5.74, 6) is 3.92. The van der Waals surface area contributed by atoms with E-state index < -0.39 is 0 Å². The van der Waals surface area contributed by atoms with Crippen molar-refractivity contribution in [3.8, 4) is 0 Å². The molecule has 3 heterocycles. The van der Waals surface area contributed by atoms with E-state index in [2.05, 4.69) is 31.1 Å². The van der Waals surface area contributed by atoms with Crippen LogP contribution in [0.4, 0.5) is 0 Å². The summed E-state index contributed by atoms with van der Waals surface area (Å²) >= 11 is 2.06. The Morgan fingerprint density at radius 2 is 2.21 bits per heavy atom. The van der Waals surface area contributed by atoms with Gasteiger partial charge in [0, 0.05) is 30.9 Å². The molecule has 3 aliphatic heterocycles. The van der Waals surface area contributed by atoms with Gasteiger partial charge in [0.1, 0.15) is 0 Å². The van der Waals surface area contributed by atoms with E-state index in [0.717, 1.165) is 19.1 Å². The Morgan fingerprint density at radius 3 is 2.84 bits per heavy atom. The molecule has 0 aromatic rings. The van der Waals surface area contributed by atoms with Crippen molar-refractivity contribution < 1.29 is 9.47 Å². The first-order valence-corrected chi connectivity index (χ1v) is 8.90. The molecule has 19 heavy (non-hydrogen) atoms. The third kappa shape index (κ3) is 2.82. The van der Waals surface area contributed by atoms with Gasteiger partial charge in [0.25, 0.3) is 0 Å². The van der Waals surface area contributed by atoms with E-state index in [1.54, 1.807) is 0 Å². The highest BCUT2D eigenvalue weighted by Crippen LogP contribution is 2.43. The second-order valence-corrected chi connectivity index (χ2v) is 7.54. The number of hydrogen-bond acceptors (Lipinski definition) is 4. The molecular weight excluding hydrogens is 258 g/mol. The van der Waals surface area contributed by atoms with Gasteiger partial charge in [0.15, 0.2) is 0 Å². The minimum atomic E-state index is 0.200. The van der Waals surface area contributed by atoms with Crippen LogP contribution < -0.4 is 5.32 Å². The Morgan fingerprint density at radius 1 is 1.32 bits per heavy atom. The van der Waals surface area contributed by atoms with Crippen LogP contribution in [0.5, 0.6) is 0 Å². The molecule has 4 heteroatoms. The zero-order valence-corrected chi connectivity index (χ0v) is 13.0. The van der Waals surface area contributed by atoms with Crippen molar-refractivity contribution in [3.63, 3.8) is 0 Å². The van der Waals surface area contributed by atoms with Crippen molar-refractivity contribution in [2.24, 2.45) is 11.8 Å². The second-order valence-electron chi connectivity index (χ2n) is 6.43. The van der Waals surface area contributed by atoms with E-state index >= 15 is 0 Å². The summed E-state index contributed by atoms with van der Waals surface area (Å²) in [6, 6.07) is 0.601. The van der Waals surface area contributed by atoms with Crippen molar-refractivity contribution in [3.05, 3.63) is 0 Å². The Bertz CT molecular complexity index is 307. The van der Waals surface area contributed by atoms with E-state index in [9.17, 15) is 0 Å². The number of hydrogen-bond donors (Lipinski definition) is 1. The van der Waals surface area contributed by atoms with Gasteiger partial charge in [-0.1, -0.05) is 0 Å².